The quantitative estimate of drug-likeness (QED) is 0.676. The summed E-state index contributed by atoms with van der Waals surface area (Å²) < 4.78 is 0. The summed E-state index contributed by atoms with van der Waals surface area (Å²) in [5.41, 5.74) is 1.60. The monoisotopic (exact) mass is 291 g/mol. The number of halogens is 1. The van der Waals surface area contributed by atoms with E-state index in [1.807, 2.05) is 19.1 Å². The van der Waals surface area contributed by atoms with E-state index in [1.54, 1.807) is 24.5 Å². The summed E-state index contributed by atoms with van der Waals surface area (Å²) in [7, 11) is 0. The van der Waals surface area contributed by atoms with Gasteiger partial charge >= 0.3 is 0 Å². The highest BCUT2D eigenvalue weighted by Crippen LogP contribution is 2.26. The molecule has 0 aliphatic carbocycles. The first-order chi connectivity index (χ1) is 9.59. The molecule has 1 N–H and O–H groups in total. The van der Waals surface area contributed by atoms with Crippen molar-refractivity contribution in [2.75, 3.05) is 0 Å². The van der Waals surface area contributed by atoms with Crippen LogP contribution in [0.25, 0.3) is 0 Å². The number of benzene rings is 1. The largest absolute Gasteiger partial charge is 0.306 e. The summed E-state index contributed by atoms with van der Waals surface area (Å²) in [4.78, 5) is 14.5. The van der Waals surface area contributed by atoms with Gasteiger partial charge in [-0.25, -0.2) is 0 Å². The van der Waals surface area contributed by atoms with Gasteiger partial charge in [-0.05, 0) is 30.7 Å². The number of pyridine rings is 1. The Kier molecular flexibility index (Phi) is 4.65. The van der Waals surface area contributed by atoms with Crippen LogP contribution in [0.15, 0.2) is 42.7 Å². The SMILES string of the molecule is CC(NCc1c(Cl)cccc1[N+](=O)[O-])c1ccncc1. The van der Waals surface area contributed by atoms with E-state index in [0.717, 1.165) is 5.56 Å². The molecule has 1 aromatic heterocycles. The molecule has 0 aliphatic heterocycles. The summed E-state index contributed by atoms with van der Waals surface area (Å²) in [5, 5.41) is 14.6. The minimum atomic E-state index is -0.417. The number of rotatable bonds is 5. The standard InChI is InChI=1S/C14H14ClN3O2/c1-10(11-5-7-16-8-6-11)17-9-12-13(15)3-2-4-14(12)18(19)20/h2-8,10,17H,9H2,1H3. The van der Waals surface area contributed by atoms with Gasteiger partial charge in [0.2, 0.25) is 0 Å². The van der Waals surface area contributed by atoms with E-state index in [-0.39, 0.29) is 11.7 Å². The Morgan fingerprint density at radius 3 is 2.70 bits per heavy atom. The maximum atomic E-state index is 11.0. The first kappa shape index (κ1) is 14.4. The third-order valence-corrected chi connectivity index (χ3v) is 3.44. The van der Waals surface area contributed by atoms with Gasteiger partial charge in [0.05, 0.1) is 15.5 Å². The predicted molar refractivity (Wildman–Crippen MR) is 77.6 cm³/mol. The van der Waals surface area contributed by atoms with Crippen LogP contribution in [0.3, 0.4) is 0 Å². The lowest BCUT2D eigenvalue weighted by Gasteiger charge is -2.14. The Hall–Kier alpha value is -1.98. The third kappa shape index (κ3) is 3.31. The fraction of sp³-hybridized carbons (Fsp3) is 0.214. The van der Waals surface area contributed by atoms with E-state index in [0.29, 0.717) is 17.1 Å². The van der Waals surface area contributed by atoms with E-state index < -0.39 is 4.92 Å². The average molecular weight is 292 g/mol. The molecule has 0 aliphatic rings. The zero-order valence-electron chi connectivity index (χ0n) is 10.9. The summed E-state index contributed by atoms with van der Waals surface area (Å²) >= 11 is 6.05. The highest BCUT2D eigenvalue weighted by molar-refractivity contribution is 6.31. The second-order valence-electron chi connectivity index (χ2n) is 4.38. The van der Waals surface area contributed by atoms with E-state index >= 15 is 0 Å². The van der Waals surface area contributed by atoms with Gasteiger partial charge in [-0.3, -0.25) is 15.1 Å². The van der Waals surface area contributed by atoms with E-state index in [2.05, 4.69) is 10.3 Å². The summed E-state index contributed by atoms with van der Waals surface area (Å²) in [6.45, 7) is 2.32. The molecular formula is C14H14ClN3O2. The van der Waals surface area contributed by atoms with E-state index in [4.69, 9.17) is 11.6 Å². The molecule has 104 valence electrons. The molecule has 2 aromatic rings. The number of nitrogens with zero attached hydrogens (tertiary/aromatic N) is 2. The molecule has 0 spiro atoms. The number of nitrogens with one attached hydrogen (secondary N) is 1. The fourth-order valence-corrected chi connectivity index (χ4v) is 2.15. The van der Waals surface area contributed by atoms with Gasteiger partial charge in [0.25, 0.3) is 5.69 Å². The maximum Gasteiger partial charge on any atom is 0.275 e. The second-order valence-corrected chi connectivity index (χ2v) is 4.78. The molecule has 2 rings (SSSR count). The van der Waals surface area contributed by atoms with Crippen LogP contribution in [0.4, 0.5) is 5.69 Å². The Bertz CT molecular complexity index is 605. The first-order valence-electron chi connectivity index (χ1n) is 6.14. The van der Waals surface area contributed by atoms with Gasteiger partial charge < -0.3 is 5.32 Å². The lowest BCUT2D eigenvalue weighted by Crippen LogP contribution is -2.19. The molecule has 0 saturated carbocycles. The Balaban J connectivity index is 2.13. The van der Waals surface area contributed by atoms with Crippen LogP contribution in [0.1, 0.15) is 24.1 Å². The van der Waals surface area contributed by atoms with Crippen molar-refractivity contribution >= 4 is 17.3 Å². The number of aromatic nitrogens is 1. The van der Waals surface area contributed by atoms with Crippen LogP contribution < -0.4 is 5.32 Å². The van der Waals surface area contributed by atoms with Crippen LogP contribution in [-0.2, 0) is 6.54 Å². The van der Waals surface area contributed by atoms with Gasteiger partial charge in [0.1, 0.15) is 0 Å². The highest BCUT2D eigenvalue weighted by Gasteiger charge is 2.17. The van der Waals surface area contributed by atoms with Crippen molar-refractivity contribution in [2.45, 2.75) is 19.5 Å². The van der Waals surface area contributed by atoms with Crippen molar-refractivity contribution in [2.24, 2.45) is 0 Å². The lowest BCUT2D eigenvalue weighted by molar-refractivity contribution is -0.385. The topological polar surface area (TPSA) is 68.1 Å². The molecule has 1 heterocycles. The van der Waals surface area contributed by atoms with Crippen LogP contribution in [0.2, 0.25) is 5.02 Å². The maximum absolute atomic E-state index is 11.0. The molecule has 1 aromatic carbocycles. The molecule has 0 fully saturated rings. The van der Waals surface area contributed by atoms with Crippen molar-refractivity contribution in [3.05, 3.63) is 69.0 Å². The minimum Gasteiger partial charge on any atom is -0.306 e. The molecule has 20 heavy (non-hydrogen) atoms. The highest BCUT2D eigenvalue weighted by atomic mass is 35.5. The van der Waals surface area contributed by atoms with E-state index in [1.165, 1.54) is 6.07 Å². The minimum absolute atomic E-state index is 0.0342. The average Bonchev–Trinajstić information content (AvgIpc) is 2.46. The Morgan fingerprint density at radius 2 is 2.05 bits per heavy atom. The fourth-order valence-electron chi connectivity index (χ4n) is 1.92. The van der Waals surface area contributed by atoms with Gasteiger partial charge in [0.15, 0.2) is 0 Å². The lowest BCUT2D eigenvalue weighted by atomic mass is 10.1. The van der Waals surface area contributed by atoms with Crippen LogP contribution >= 0.6 is 11.6 Å². The van der Waals surface area contributed by atoms with Crippen molar-refractivity contribution < 1.29 is 4.92 Å². The Labute approximate surface area is 121 Å². The predicted octanol–water partition coefficient (Wildman–Crippen LogP) is 3.49. The van der Waals surface area contributed by atoms with Crippen LogP contribution in [0.5, 0.6) is 0 Å². The first-order valence-corrected chi connectivity index (χ1v) is 6.52. The number of hydrogen-bond acceptors (Lipinski definition) is 4. The molecule has 0 amide bonds. The molecular weight excluding hydrogens is 278 g/mol. The van der Waals surface area contributed by atoms with Crippen molar-refractivity contribution in [1.82, 2.24) is 10.3 Å². The molecule has 6 heteroatoms. The van der Waals surface area contributed by atoms with Gasteiger partial charge in [-0.15, -0.1) is 0 Å². The third-order valence-electron chi connectivity index (χ3n) is 3.08. The van der Waals surface area contributed by atoms with Crippen molar-refractivity contribution in [1.29, 1.82) is 0 Å². The van der Waals surface area contributed by atoms with E-state index in [9.17, 15) is 10.1 Å². The Morgan fingerprint density at radius 1 is 1.35 bits per heavy atom. The molecule has 0 bridgehead atoms. The van der Waals surface area contributed by atoms with Crippen LogP contribution in [0, 0.1) is 10.1 Å². The summed E-state index contributed by atoms with van der Waals surface area (Å²) in [5.74, 6) is 0. The van der Waals surface area contributed by atoms with Crippen LogP contribution in [-0.4, -0.2) is 9.91 Å². The molecule has 1 unspecified atom stereocenters. The smallest absolute Gasteiger partial charge is 0.275 e. The summed E-state index contributed by atoms with van der Waals surface area (Å²) in [6.07, 6.45) is 3.43. The van der Waals surface area contributed by atoms with Crippen molar-refractivity contribution in [3.63, 3.8) is 0 Å². The number of nitro benzene ring substituents is 1. The van der Waals surface area contributed by atoms with Crippen molar-refractivity contribution in [3.8, 4) is 0 Å². The second kappa shape index (κ2) is 6.45. The van der Waals surface area contributed by atoms with Gasteiger partial charge in [-0.2, -0.15) is 0 Å². The normalized spacial score (nSPS) is 12.1. The molecule has 1 atom stereocenters. The number of nitro groups is 1. The molecule has 0 saturated heterocycles. The number of hydrogen-bond donors (Lipinski definition) is 1. The zero-order valence-corrected chi connectivity index (χ0v) is 11.7. The molecule has 0 radical (unpaired) electrons. The van der Waals surface area contributed by atoms with Gasteiger partial charge in [-0.1, -0.05) is 17.7 Å². The molecule has 5 nitrogen and oxygen atoms in total. The zero-order chi connectivity index (χ0) is 14.5. The summed E-state index contributed by atoms with van der Waals surface area (Å²) in [6, 6.07) is 8.55. The van der Waals surface area contributed by atoms with Gasteiger partial charge in [0, 0.05) is 31.0 Å².